The van der Waals surface area contributed by atoms with Gasteiger partial charge in [-0.2, -0.15) is 0 Å². The maximum atomic E-state index is 6.39. The van der Waals surface area contributed by atoms with Gasteiger partial charge >= 0.3 is 0 Å². The maximum absolute atomic E-state index is 6.39. The fourth-order valence-corrected chi connectivity index (χ4v) is 4.59. The average molecular weight is 279 g/mol. The highest BCUT2D eigenvalue weighted by Gasteiger charge is 2.33. The normalized spacial score (nSPS) is 38.4. The third-order valence-electron chi connectivity index (χ3n) is 5.96. The molecule has 1 aliphatic carbocycles. The molecule has 0 aromatic carbocycles. The van der Waals surface area contributed by atoms with Crippen LogP contribution in [0.2, 0.25) is 0 Å². The molecule has 0 amide bonds. The van der Waals surface area contributed by atoms with E-state index < -0.39 is 0 Å². The Morgan fingerprint density at radius 3 is 2.35 bits per heavy atom. The first-order valence-electron chi connectivity index (χ1n) is 8.94. The molecule has 3 rings (SSSR count). The molecule has 3 heteroatoms. The van der Waals surface area contributed by atoms with Crippen LogP contribution in [0.4, 0.5) is 0 Å². The third-order valence-corrected chi connectivity index (χ3v) is 5.96. The van der Waals surface area contributed by atoms with E-state index in [1.54, 1.807) is 0 Å². The van der Waals surface area contributed by atoms with Gasteiger partial charge in [0.05, 0.1) is 0 Å². The molecule has 0 spiro atoms. The number of hydrogen-bond acceptors (Lipinski definition) is 3. The van der Waals surface area contributed by atoms with E-state index in [4.69, 9.17) is 5.73 Å². The largest absolute Gasteiger partial charge is 0.326 e. The highest BCUT2D eigenvalue weighted by Crippen LogP contribution is 2.30. The van der Waals surface area contributed by atoms with E-state index in [2.05, 4.69) is 16.7 Å². The van der Waals surface area contributed by atoms with Gasteiger partial charge in [0.15, 0.2) is 0 Å². The van der Waals surface area contributed by atoms with Crippen LogP contribution in [0.5, 0.6) is 0 Å². The second kappa shape index (κ2) is 6.76. The summed E-state index contributed by atoms with van der Waals surface area (Å²) in [5, 5.41) is 0. The summed E-state index contributed by atoms with van der Waals surface area (Å²) in [4.78, 5) is 5.41. The van der Waals surface area contributed by atoms with Gasteiger partial charge in [-0.05, 0) is 83.0 Å². The van der Waals surface area contributed by atoms with Crippen LogP contribution in [0.1, 0.15) is 51.9 Å². The van der Waals surface area contributed by atoms with Gasteiger partial charge in [-0.1, -0.05) is 6.92 Å². The molecule has 2 N–H and O–H groups in total. The fraction of sp³-hybridized carbons (Fsp3) is 1.00. The summed E-state index contributed by atoms with van der Waals surface area (Å²) < 4.78 is 0. The van der Waals surface area contributed by atoms with E-state index in [1.165, 1.54) is 77.7 Å². The summed E-state index contributed by atoms with van der Waals surface area (Å²) in [5.41, 5.74) is 6.39. The summed E-state index contributed by atoms with van der Waals surface area (Å²) in [6, 6.07) is 1.10. The van der Waals surface area contributed by atoms with Crippen LogP contribution in [0.15, 0.2) is 0 Å². The molecule has 2 saturated heterocycles. The zero-order valence-corrected chi connectivity index (χ0v) is 13.3. The van der Waals surface area contributed by atoms with Crippen LogP contribution < -0.4 is 5.73 Å². The Bertz CT molecular complexity index is 293. The summed E-state index contributed by atoms with van der Waals surface area (Å²) in [5.74, 6) is 1.82. The van der Waals surface area contributed by atoms with Gasteiger partial charge in [0.2, 0.25) is 0 Å². The highest BCUT2D eigenvalue weighted by atomic mass is 15.2. The Labute approximate surface area is 124 Å². The Balaban J connectivity index is 1.45. The van der Waals surface area contributed by atoms with E-state index in [1.807, 2.05) is 0 Å². The van der Waals surface area contributed by atoms with Gasteiger partial charge in [0.25, 0.3) is 0 Å². The van der Waals surface area contributed by atoms with Crippen molar-refractivity contribution in [1.29, 1.82) is 0 Å². The lowest BCUT2D eigenvalue weighted by molar-refractivity contribution is 0.0713. The number of likely N-dealkylation sites (tertiary alicyclic amines) is 2. The summed E-state index contributed by atoms with van der Waals surface area (Å²) >= 11 is 0. The smallest absolute Gasteiger partial charge is 0.0249 e. The Hall–Kier alpha value is -0.120. The second-order valence-electron chi connectivity index (χ2n) is 7.64. The first-order valence-corrected chi connectivity index (χ1v) is 8.94. The molecule has 3 nitrogen and oxygen atoms in total. The number of nitrogens with two attached hydrogens (primary N) is 1. The minimum absolute atomic E-state index is 0.432. The van der Waals surface area contributed by atoms with Crippen molar-refractivity contribution in [3.8, 4) is 0 Å². The van der Waals surface area contributed by atoms with Crippen molar-refractivity contribution < 1.29 is 0 Å². The molecule has 116 valence electrons. The fourth-order valence-electron chi connectivity index (χ4n) is 4.59. The molecule has 0 aromatic heterocycles. The van der Waals surface area contributed by atoms with Gasteiger partial charge in [-0.3, -0.25) is 4.90 Å². The van der Waals surface area contributed by atoms with Gasteiger partial charge in [0.1, 0.15) is 0 Å². The van der Waals surface area contributed by atoms with Crippen LogP contribution in [-0.2, 0) is 0 Å². The molecule has 0 bridgehead atoms. The topological polar surface area (TPSA) is 32.5 Å². The lowest BCUT2D eigenvalue weighted by Gasteiger charge is -2.44. The predicted molar refractivity (Wildman–Crippen MR) is 84.7 cm³/mol. The van der Waals surface area contributed by atoms with Crippen LogP contribution in [0, 0.1) is 11.8 Å². The minimum atomic E-state index is 0.432. The molecule has 0 radical (unpaired) electrons. The summed E-state index contributed by atoms with van der Waals surface area (Å²) in [6.07, 6.45) is 9.55. The van der Waals surface area contributed by atoms with E-state index in [0.717, 1.165) is 11.8 Å². The first kappa shape index (κ1) is 14.8. The van der Waals surface area contributed by atoms with Gasteiger partial charge < -0.3 is 10.6 Å². The maximum Gasteiger partial charge on any atom is 0.0249 e. The van der Waals surface area contributed by atoms with Gasteiger partial charge in [-0.25, -0.2) is 0 Å². The zero-order valence-electron chi connectivity index (χ0n) is 13.3. The molecule has 0 aromatic rings. The van der Waals surface area contributed by atoms with E-state index >= 15 is 0 Å². The van der Waals surface area contributed by atoms with E-state index in [0.29, 0.717) is 12.1 Å². The molecule has 3 aliphatic rings. The third kappa shape index (κ3) is 3.55. The van der Waals surface area contributed by atoms with Crippen molar-refractivity contribution in [2.45, 2.75) is 64.0 Å². The monoisotopic (exact) mass is 279 g/mol. The minimum Gasteiger partial charge on any atom is -0.326 e. The Morgan fingerprint density at radius 2 is 1.65 bits per heavy atom. The quantitative estimate of drug-likeness (QED) is 0.860. The van der Waals surface area contributed by atoms with E-state index in [9.17, 15) is 0 Å². The molecule has 1 saturated carbocycles. The molecule has 2 aliphatic heterocycles. The van der Waals surface area contributed by atoms with Crippen LogP contribution in [0.25, 0.3) is 0 Å². The summed E-state index contributed by atoms with van der Waals surface area (Å²) in [6.45, 7) is 9.06. The highest BCUT2D eigenvalue weighted by molar-refractivity contribution is 4.90. The summed E-state index contributed by atoms with van der Waals surface area (Å²) in [7, 11) is 0. The predicted octanol–water partition coefficient (Wildman–Crippen LogP) is 2.31. The molecule has 20 heavy (non-hydrogen) atoms. The van der Waals surface area contributed by atoms with Gasteiger partial charge in [0, 0.05) is 18.6 Å². The van der Waals surface area contributed by atoms with Crippen LogP contribution in [0.3, 0.4) is 0 Å². The Morgan fingerprint density at radius 1 is 0.950 bits per heavy atom. The molecule has 3 unspecified atom stereocenters. The number of piperidine rings is 1. The van der Waals surface area contributed by atoms with Crippen molar-refractivity contribution >= 4 is 0 Å². The average Bonchev–Trinajstić information content (AvgIpc) is 2.95. The lowest BCUT2D eigenvalue weighted by Crippen LogP contribution is -2.53. The standard InChI is InChI=1S/C17H33N3/c1-14-4-5-16(18)17(12-14)20-10-6-15(7-11-20)13-19-8-2-3-9-19/h14-17H,2-13,18H2,1H3. The van der Waals surface area contributed by atoms with E-state index in [-0.39, 0.29) is 0 Å². The van der Waals surface area contributed by atoms with Crippen molar-refractivity contribution in [2.75, 3.05) is 32.7 Å². The zero-order chi connectivity index (χ0) is 13.9. The number of nitrogens with zero attached hydrogens (tertiary/aromatic N) is 2. The molecule has 2 heterocycles. The SMILES string of the molecule is CC1CCC(N)C(N2CCC(CN3CCCC3)CC2)C1. The van der Waals surface area contributed by atoms with Crippen molar-refractivity contribution in [3.05, 3.63) is 0 Å². The molecular formula is C17H33N3. The van der Waals surface area contributed by atoms with Crippen molar-refractivity contribution in [3.63, 3.8) is 0 Å². The first-order chi connectivity index (χ1) is 9.72. The Kier molecular flexibility index (Phi) is 5.00. The van der Waals surface area contributed by atoms with Crippen LogP contribution >= 0.6 is 0 Å². The van der Waals surface area contributed by atoms with Crippen molar-refractivity contribution in [1.82, 2.24) is 9.80 Å². The van der Waals surface area contributed by atoms with Gasteiger partial charge in [-0.15, -0.1) is 0 Å². The lowest BCUT2D eigenvalue weighted by atomic mass is 9.81. The molecular weight excluding hydrogens is 246 g/mol. The van der Waals surface area contributed by atoms with Crippen LogP contribution in [-0.4, -0.2) is 54.6 Å². The van der Waals surface area contributed by atoms with Crippen molar-refractivity contribution in [2.24, 2.45) is 17.6 Å². The molecule has 3 fully saturated rings. The number of hydrogen-bond donors (Lipinski definition) is 1. The molecule has 3 atom stereocenters. The number of rotatable bonds is 3. The second-order valence-corrected chi connectivity index (χ2v) is 7.64.